The molecule has 4 rings (SSSR count). The zero-order chi connectivity index (χ0) is 19.4. The maximum atomic E-state index is 13.4. The highest BCUT2D eigenvalue weighted by molar-refractivity contribution is 7.92. The van der Waals surface area contributed by atoms with Gasteiger partial charge in [0.15, 0.2) is 32.3 Å². The first-order valence-electron chi connectivity index (χ1n) is 8.72. The van der Waals surface area contributed by atoms with Crippen molar-refractivity contribution in [3.05, 3.63) is 54.1 Å². The number of nitrogens with zero attached hydrogens (tertiary/aromatic N) is 1. The molecule has 7 heteroatoms. The molecule has 0 N–H and O–H groups in total. The van der Waals surface area contributed by atoms with E-state index in [-0.39, 0.29) is 4.90 Å². The third kappa shape index (κ3) is 2.52. The molecule has 2 aliphatic heterocycles. The van der Waals surface area contributed by atoms with Gasteiger partial charge >= 0.3 is 0 Å². The number of hydrogen-bond donors (Lipinski definition) is 0. The summed E-state index contributed by atoms with van der Waals surface area (Å²) in [4.78, 5) is 14.7. The van der Waals surface area contributed by atoms with Gasteiger partial charge < -0.3 is 14.4 Å². The number of piperidine rings is 1. The van der Waals surface area contributed by atoms with E-state index in [4.69, 9.17) is 9.47 Å². The van der Waals surface area contributed by atoms with Gasteiger partial charge in [0.1, 0.15) is 0 Å². The number of carbonyl (C=O) groups is 1. The topological polar surface area (TPSA) is 72.9 Å². The Kier molecular flexibility index (Phi) is 3.96. The lowest BCUT2D eigenvalue weighted by Crippen LogP contribution is -2.64. The number of likely N-dealkylation sites (tertiary alicyclic amines) is 1. The van der Waals surface area contributed by atoms with Gasteiger partial charge in [0.25, 0.3) is 0 Å². The third-order valence-electron chi connectivity index (χ3n) is 5.60. The Morgan fingerprint density at radius 3 is 2.52 bits per heavy atom. The number of sulfone groups is 1. The molecule has 0 radical (unpaired) electrons. The van der Waals surface area contributed by atoms with Gasteiger partial charge in [0.05, 0.1) is 12.0 Å². The number of benzene rings is 2. The summed E-state index contributed by atoms with van der Waals surface area (Å²) in [6.07, 6.45) is 0.395. The molecule has 2 heterocycles. The number of hydrogen-bond acceptors (Lipinski definition) is 5. The molecule has 2 bridgehead atoms. The summed E-state index contributed by atoms with van der Waals surface area (Å²) in [5, 5.41) is -1.20. The maximum Gasteiger partial charge on any atom is 0.244 e. The lowest BCUT2D eigenvalue weighted by molar-refractivity contribution is -0.160. The normalized spacial score (nSPS) is 26.9. The SMILES string of the molecule is COc1cccc2c1O[C@@]1(C)C[C@H]2[C@@H](S(=O)(=O)c2ccccc2)C(=O)N1C. The van der Waals surface area contributed by atoms with Crippen LogP contribution in [0.1, 0.15) is 24.8 Å². The maximum absolute atomic E-state index is 13.4. The summed E-state index contributed by atoms with van der Waals surface area (Å²) in [7, 11) is -0.741. The molecule has 1 fully saturated rings. The van der Waals surface area contributed by atoms with Gasteiger partial charge in [0, 0.05) is 24.9 Å². The van der Waals surface area contributed by atoms with Crippen molar-refractivity contribution in [3.63, 3.8) is 0 Å². The van der Waals surface area contributed by atoms with E-state index < -0.39 is 32.6 Å². The summed E-state index contributed by atoms with van der Waals surface area (Å²) in [6.45, 7) is 1.80. The molecule has 0 saturated carbocycles. The van der Waals surface area contributed by atoms with Crippen molar-refractivity contribution in [2.45, 2.75) is 35.1 Å². The van der Waals surface area contributed by atoms with Crippen LogP contribution in [0.2, 0.25) is 0 Å². The van der Waals surface area contributed by atoms with E-state index >= 15 is 0 Å². The van der Waals surface area contributed by atoms with Crippen molar-refractivity contribution in [1.29, 1.82) is 0 Å². The predicted molar refractivity (Wildman–Crippen MR) is 99.6 cm³/mol. The average Bonchev–Trinajstić information content (AvgIpc) is 2.66. The second-order valence-electron chi connectivity index (χ2n) is 7.14. The number of para-hydroxylation sites is 1. The van der Waals surface area contributed by atoms with Gasteiger partial charge in [-0.3, -0.25) is 4.79 Å². The first kappa shape index (κ1) is 17.9. The number of fused-ring (bicyclic) bond motifs is 4. The van der Waals surface area contributed by atoms with Crippen molar-refractivity contribution >= 4 is 15.7 Å². The van der Waals surface area contributed by atoms with Gasteiger partial charge in [-0.2, -0.15) is 0 Å². The lowest BCUT2D eigenvalue weighted by Gasteiger charge is -2.51. The minimum Gasteiger partial charge on any atom is -0.493 e. The highest BCUT2D eigenvalue weighted by atomic mass is 32.2. The molecule has 2 aliphatic rings. The van der Waals surface area contributed by atoms with E-state index in [1.807, 2.05) is 6.07 Å². The van der Waals surface area contributed by atoms with E-state index in [9.17, 15) is 13.2 Å². The third-order valence-corrected chi connectivity index (χ3v) is 7.73. The van der Waals surface area contributed by atoms with Gasteiger partial charge in [-0.15, -0.1) is 0 Å². The van der Waals surface area contributed by atoms with Gasteiger partial charge in [-0.05, 0) is 25.1 Å². The van der Waals surface area contributed by atoms with Crippen LogP contribution >= 0.6 is 0 Å². The van der Waals surface area contributed by atoms with Crippen LogP contribution in [0.15, 0.2) is 53.4 Å². The fraction of sp³-hybridized carbons (Fsp3) is 0.350. The molecule has 142 valence electrons. The quantitative estimate of drug-likeness (QED) is 0.809. The molecule has 3 atom stereocenters. The monoisotopic (exact) mass is 387 g/mol. The van der Waals surface area contributed by atoms with Crippen molar-refractivity contribution in [2.75, 3.05) is 14.2 Å². The standard InChI is InChI=1S/C20H21NO5S/c1-20-12-15(14-10-7-11-16(25-3)17(14)26-20)18(19(22)21(20)2)27(23,24)13-8-5-4-6-9-13/h4-11,15,18H,12H2,1-3H3/t15-,18-,20+/m1/s1. The Morgan fingerprint density at radius 2 is 1.85 bits per heavy atom. The number of carbonyl (C=O) groups excluding carboxylic acids is 1. The van der Waals surface area contributed by atoms with Crippen molar-refractivity contribution in [3.8, 4) is 11.5 Å². The predicted octanol–water partition coefficient (Wildman–Crippen LogP) is 2.59. The van der Waals surface area contributed by atoms with Crippen LogP contribution in [-0.2, 0) is 14.6 Å². The Morgan fingerprint density at radius 1 is 1.15 bits per heavy atom. The molecule has 1 saturated heterocycles. The van der Waals surface area contributed by atoms with Crippen LogP contribution in [0, 0.1) is 0 Å². The minimum atomic E-state index is -3.87. The molecule has 0 spiro atoms. The van der Waals surface area contributed by atoms with Crippen LogP contribution in [-0.4, -0.2) is 44.4 Å². The zero-order valence-electron chi connectivity index (χ0n) is 15.4. The summed E-state index contributed by atoms with van der Waals surface area (Å²) in [5.41, 5.74) is -0.232. The van der Waals surface area contributed by atoms with Crippen molar-refractivity contribution in [1.82, 2.24) is 4.90 Å². The molecule has 0 aromatic heterocycles. The van der Waals surface area contributed by atoms with Crippen LogP contribution < -0.4 is 9.47 Å². The molecule has 0 unspecified atom stereocenters. The van der Waals surface area contributed by atoms with E-state index in [1.165, 1.54) is 17.0 Å². The molecule has 27 heavy (non-hydrogen) atoms. The largest absolute Gasteiger partial charge is 0.493 e. The van der Waals surface area contributed by atoms with Crippen molar-refractivity contribution in [2.24, 2.45) is 0 Å². The Balaban J connectivity index is 1.93. The molecule has 0 aliphatic carbocycles. The number of methoxy groups -OCH3 is 1. The first-order chi connectivity index (χ1) is 12.8. The molecule has 2 aromatic rings. The fourth-order valence-corrected chi connectivity index (χ4v) is 5.98. The van der Waals surface area contributed by atoms with E-state index in [0.29, 0.717) is 23.5 Å². The molecule has 1 amide bonds. The molecule has 2 aromatic carbocycles. The Bertz CT molecular complexity index is 1000. The van der Waals surface area contributed by atoms with E-state index in [2.05, 4.69) is 0 Å². The van der Waals surface area contributed by atoms with Crippen LogP contribution in [0.5, 0.6) is 11.5 Å². The molecular formula is C20H21NO5S. The van der Waals surface area contributed by atoms with E-state index in [0.717, 1.165) is 0 Å². The van der Waals surface area contributed by atoms with Crippen LogP contribution in [0.4, 0.5) is 0 Å². The summed E-state index contributed by atoms with van der Waals surface area (Å²) in [6, 6.07) is 13.5. The highest BCUT2D eigenvalue weighted by Crippen LogP contribution is 2.52. The summed E-state index contributed by atoms with van der Waals surface area (Å²) in [5.74, 6) is 0.0715. The Hall–Kier alpha value is -2.54. The second-order valence-corrected chi connectivity index (χ2v) is 9.21. The number of amides is 1. The lowest BCUT2D eigenvalue weighted by atomic mass is 9.80. The summed E-state index contributed by atoms with van der Waals surface area (Å²) < 4.78 is 38.3. The Labute approximate surface area is 158 Å². The summed E-state index contributed by atoms with van der Waals surface area (Å²) >= 11 is 0. The fourth-order valence-electron chi connectivity index (χ4n) is 4.05. The number of ether oxygens (including phenoxy) is 2. The zero-order valence-corrected chi connectivity index (χ0v) is 16.2. The van der Waals surface area contributed by atoms with Crippen LogP contribution in [0.3, 0.4) is 0 Å². The minimum absolute atomic E-state index is 0.149. The van der Waals surface area contributed by atoms with E-state index in [1.54, 1.807) is 51.4 Å². The van der Waals surface area contributed by atoms with Gasteiger partial charge in [-0.1, -0.05) is 30.3 Å². The average molecular weight is 387 g/mol. The smallest absolute Gasteiger partial charge is 0.244 e. The van der Waals surface area contributed by atoms with Crippen LogP contribution in [0.25, 0.3) is 0 Å². The van der Waals surface area contributed by atoms with Gasteiger partial charge in [-0.25, -0.2) is 8.42 Å². The first-order valence-corrected chi connectivity index (χ1v) is 10.3. The van der Waals surface area contributed by atoms with Crippen molar-refractivity contribution < 1.29 is 22.7 Å². The molecular weight excluding hydrogens is 366 g/mol. The highest BCUT2D eigenvalue weighted by Gasteiger charge is 2.57. The number of rotatable bonds is 3. The van der Waals surface area contributed by atoms with Gasteiger partial charge in [0.2, 0.25) is 5.91 Å². The second kappa shape index (κ2) is 5.99. The molecule has 6 nitrogen and oxygen atoms in total.